The topological polar surface area (TPSA) is 60.3 Å². The van der Waals surface area contributed by atoms with Crippen LogP contribution in [-0.2, 0) is 28.9 Å². The van der Waals surface area contributed by atoms with Crippen molar-refractivity contribution in [3.8, 4) is 0 Å². The lowest BCUT2D eigenvalue weighted by Gasteiger charge is -2.14. The molecule has 0 atom stereocenters. The van der Waals surface area contributed by atoms with Crippen molar-refractivity contribution in [3.05, 3.63) is 58.1 Å². The number of hydrogen-bond acceptors (Lipinski definition) is 4. The van der Waals surface area contributed by atoms with Gasteiger partial charge in [0, 0.05) is 23.7 Å². The number of anilines is 1. The number of fused-ring (bicyclic) bond motifs is 3. The first-order chi connectivity index (χ1) is 14.5. The van der Waals surface area contributed by atoms with Crippen LogP contribution in [0.2, 0.25) is 0 Å². The summed E-state index contributed by atoms with van der Waals surface area (Å²) in [6.45, 7) is 7.89. The molecular formula is C24H26N2O3S. The third-order valence-corrected chi connectivity index (χ3v) is 6.80. The summed E-state index contributed by atoms with van der Waals surface area (Å²) in [7, 11) is 0. The number of thiophene rings is 1. The molecule has 1 N–H and O–H groups in total. The van der Waals surface area contributed by atoms with Crippen LogP contribution in [0, 0.1) is 0 Å². The average Bonchev–Trinajstić information content (AvgIpc) is 3.24. The predicted octanol–water partition coefficient (Wildman–Crippen LogP) is 5.41. The molecule has 4 rings (SSSR count). The first-order valence-electron chi connectivity index (χ1n) is 10.4. The summed E-state index contributed by atoms with van der Waals surface area (Å²) >= 11 is 1.74. The molecule has 2 heterocycles. The second-order valence-corrected chi connectivity index (χ2v) is 8.63. The van der Waals surface area contributed by atoms with Gasteiger partial charge >= 0.3 is 5.97 Å². The maximum atomic E-state index is 13.0. The molecule has 0 saturated heterocycles. The van der Waals surface area contributed by atoms with Gasteiger partial charge in [-0.1, -0.05) is 36.9 Å². The fourth-order valence-electron chi connectivity index (χ4n) is 4.16. The molecule has 0 unspecified atom stereocenters. The van der Waals surface area contributed by atoms with E-state index in [0.29, 0.717) is 17.9 Å². The average molecular weight is 423 g/mol. The van der Waals surface area contributed by atoms with Crippen molar-refractivity contribution in [2.24, 2.45) is 0 Å². The molecule has 30 heavy (non-hydrogen) atoms. The molecule has 6 heteroatoms. The van der Waals surface area contributed by atoms with Crippen molar-refractivity contribution in [3.63, 3.8) is 0 Å². The van der Waals surface area contributed by atoms with E-state index < -0.39 is 5.97 Å². The second-order valence-electron chi connectivity index (χ2n) is 7.55. The highest BCUT2D eigenvalue weighted by Gasteiger charge is 2.30. The minimum absolute atomic E-state index is 0.189. The van der Waals surface area contributed by atoms with Gasteiger partial charge in [0.05, 0.1) is 12.3 Å². The maximum Gasteiger partial charge on any atom is 0.357 e. The van der Waals surface area contributed by atoms with E-state index in [1.807, 2.05) is 34.9 Å². The van der Waals surface area contributed by atoms with Crippen LogP contribution in [0.3, 0.4) is 0 Å². The summed E-state index contributed by atoms with van der Waals surface area (Å²) in [6.07, 6.45) is 6.14. The van der Waals surface area contributed by atoms with Gasteiger partial charge in [-0.25, -0.2) is 4.79 Å². The Labute approximate surface area is 180 Å². The number of aryl methyl sites for hydroxylation is 2. The Hall–Kier alpha value is -2.86. The van der Waals surface area contributed by atoms with E-state index in [1.54, 1.807) is 18.3 Å². The van der Waals surface area contributed by atoms with Gasteiger partial charge in [-0.05, 0) is 49.3 Å². The van der Waals surface area contributed by atoms with Crippen molar-refractivity contribution in [1.82, 2.24) is 4.57 Å². The Bertz CT molecular complexity index is 1120. The molecule has 0 saturated carbocycles. The third-order valence-electron chi connectivity index (χ3n) is 5.48. The van der Waals surface area contributed by atoms with Gasteiger partial charge in [0.2, 0.25) is 5.91 Å². The van der Waals surface area contributed by atoms with Crippen molar-refractivity contribution in [2.75, 3.05) is 11.9 Å². The molecule has 0 bridgehead atoms. The lowest BCUT2D eigenvalue weighted by molar-refractivity contribution is -0.114. The molecule has 1 aromatic carbocycles. The zero-order valence-electron chi connectivity index (χ0n) is 17.4. The third kappa shape index (κ3) is 3.67. The highest BCUT2D eigenvalue weighted by Crippen LogP contribution is 2.44. The number of esters is 1. The number of rotatable bonds is 6. The molecular weight excluding hydrogens is 396 g/mol. The fourth-order valence-corrected chi connectivity index (χ4v) is 5.56. The van der Waals surface area contributed by atoms with Crippen LogP contribution in [0.1, 0.15) is 58.7 Å². The molecule has 0 fully saturated rings. The number of nitrogens with one attached hydrogen (secondary N) is 1. The lowest BCUT2D eigenvalue weighted by Crippen LogP contribution is -2.17. The van der Waals surface area contributed by atoms with E-state index in [1.165, 1.54) is 23.8 Å². The number of aromatic nitrogens is 1. The zero-order chi connectivity index (χ0) is 21.3. The summed E-state index contributed by atoms with van der Waals surface area (Å²) in [5.41, 5.74) is 4.42. The molecule has 0 spiro atoms. The van der Waals surface area contributed by atoms with Gasteiger partial charge in [0.1, 0.15) is 4.83 Å². The lowest BCUT2D eigenvalue weighted by atomic mass is 9.96. The maximum absolute atomic E-state index is 13.0. The second kappa shape index (κ2) is 8.48. The van der Waals surface area contributed by atoms with E-state index >= 15 is 0 Å². The SMILES string of the molecule is C=Cc1ccc(Cn2c(C(=O)OCC)c(NC(C)=O)c3c4c(sc32)CCCC4)cc1. The summed E-state index contributed by atoms with van der Waals surface area (Å²) in [5, 5.41) is 3.96. The van der Waals surface area contributed by atoms with Gasteiger partial charge in [-0.3, -0.25) is 4.79 Å². The number of nitrogens with zero attached hydrogens (tertiary/aromatic N) is 1. The molecule has 156 valence electrons. The van der Waals surface area contributed by atoms with Gasteiger partial charge < -0.3 is 14.6 Å². The molecule has 2 aromatic heterocycles. The van der Waals surface area contributed by atoms with Crippen molar-refractivity contribution in [2.45, 2.75) is 46.1 Å². The highest BCUT2D eigenvalue weighted by molar-refractivity contribution is 7.19. The van der Waals surface area contributed by atoms with E-state index in [0.717, 1.165) is 40.6 Å². The Morgan fingerprint density at radius 3 is 2.63 bits per heavy atom. The van der Waals surface area contributed by atoms with E-state index in [2.05, 4.69) is 11.9 Å². The van der Waals surface area contributed by atoms with Crippen molar-refractivity contribution in [1.29, 1.82) is 0 Å². The number of carbonyl (C=O) groups is 2. The van der Waals surface area contributed by atoms with Crippen LogP contribution in [0.5, 0.6) is 0 Å². The molecule has 1 aliphatic rings. The molecule has 5 nitrogen and oxygen atoms in total. The number of ether oxygens (including phenoxy) is 1. The van der Waals surface area contributed by atoms with Crippen LogP contribution in [0.15, 0.2) is 30.8 Å². The van der Waals surface area contributed by atoms with E-state index in [-0.39, 0.29) is 12.5 Å². The van der Waals surface area contributed by atoms with Crippen molar-refractivity contribution < 1.29 is 14.3 Å². The minimum Gasteiger partial charge on any atom is -0.461 e. The number of carbonyl (C=O) groups excluding carboxylic acids is 2. The number of amides is 1. The highest BCUT2D eigenvalue weighted by atomic mass is 32.1. The normalized spacial score (nSPS) is 13.1. The Balaban J connectivity index is 1.93. The molecule has 3 aromatic rings. The largest absolute Gasteiger partial charge is 0.461 e. The van der Waals surface area contributed by atoms with Crippen LogP contribution in [0.4, 0.5) is 5.69 Å². The quantitative estimate of drug-likeness (QED) is 0.541. The molecule has 0 aliphatic heterocycles. The monoisotopic (exact) mass is 422 g/mol. The van der Waals surface area contributed by atoms with E-state index in [4.69, 9.17) is 4.74 Å². The van der Waals surface area contributed by atoms with Crippen LogP contribution < -0.4 is 5.32 Å². The van der Waals surface area contributed by atoms with E-state index in [9.17, 15) is 9.59 Å². The molecule has 1 aliphatic carbocycles. The molecule has 0 radical (unpaired) electrons. The Kier molecular flexibility index (Phi) is 5.77. The zero-order valence-corrected chi connectivity index (χ0v) is 18.2. The van der Waals surface area contributed by atoms with Crippen LogP contribution in [-0.4, -0.2) is 23.1 Å². The van der Waals surface area contributed by atoms with Crippen LogP contribution >= 0.6 is 11.3 Å². The van der Waals surface area contributed by atoms with Gasteiger partial charge in [-0.2, -0.15) is 0 Å². The first kappa shape index (κ1) is 20.4. The fraction of sp³-hybridized carbons (Fsp3) is 0.333. The van der Waals surface area contributed by atoms with Crippen molar-refractivity contribution >= 4 is 45.2 Å². The summed E-state index contributed by atoms with van der Waals surface area (Å²) in [6, 6.07) is 8.12. The number of benzene rings is 1. The summed E-state index contributed by atoms with van der Waals surface area (Å²) < 4.78 is 7.41. The first-order valence-corrected chi connectivity index (χ1v) is 11.2. The van der Waals surface area contributed by atoms with Crippen LogP contribution in [0.25, 0.3) is 16.3 Å². The Morgan fingerprint density at radius 1 is 1.23 bits per heavy atom. The van der Waals surface area contributed by atoms with Gasteiger partial charge in [-0.15, -0.1) is 11.3 Å². The minimum atomic E-state index is -0.406. The van der Waals surface area contributed by atoms with Gasteiger partial charge in [0.25, 0.3) is 0 Å². The molecule has 1 amide bonds. The Morgan fingerprint density at radius 2 is 1.97 bits per heavy atom. The smallest absolute Gasteiger partial charge is 0.357 e. The standard InChI is InChI=1S/C24H26N2O3S/c1-4-16-10-12-17(13-11-16)14-26-22(24(28)29-5-2)21(25-15(3)27)20-18-8-6-7-9-19(18)30-23(20)26/h4,10-13H,1,5-9,14H2,2-3H3,(H,25,27). The number of hydrogen-bond donors (Lipinski definition) is 1. The predicted molar refractivity (Wildman–Crippen MR) is 122 cm³/mol. The van der Waals surface area contributed by atoms with Gasteiger partial charge in [0.15, 0.2) is 5.69 Å². The summed E-state index contributed by atoms with van der Waals surface area (Å²) in [5.74, 6) is -0.595. The summed E-state index contributed by atoms with van der Waals surface area (Å²) in [4.78, 5) is 27.4.